The van der Waals surface area contributed by atoms with Crippen molar-refractivity contribution < 1.29 is 13.9 Å². The van der Waals surface area contributed by atoms with Gasteiger partial charge in [0.05, 0.1) is 12.7 Å². The molecule has 4 heteroatoms. The van der Waals surface area contributed by atoms with Crippen LogP contribution in [-0.2, 0) is 4.74 Å². The standard InChI is InChI=1S/C14H15NO3/c1-2-12-13(18-9-15-12)5-10(1)17-8-14-3-4-16-11(6-14)7-14/h1-2,5,9,11H,3-4,6-8H2. The van der Waals surface area contributed by atoms with Gasteiger partial charge in [-0.2, -0.15) is 0 Å². The number of hydrogen-bond acceptors (Lipinski definition) is 4. The van der Waals surface area contributed by atoms with E-state index in [4.69, 9.17) is 13.9 Å². The van der Waals surface area contributed by atoms with Crippen LogP contribution in [0.25, 0.3) is 11.1 Å². The molecular formula is C14H15NO3. The van der Waals surface area contributed by atoms with Crippen molar-refractivity contribution in [3.8, 4) is 5.75 Å². The summed E-state index contributed by atoms with van der Waals surface area (Å²) in [5.74, 6) is 0.864. The van der Waals surface area contributed by atoms with Crippen LogP contribution in [0, 0.1) is 5.41 Å². The Kier molecular flexibility index (Phi) is 2.14. The van der Waals surface area contributed by atoms with Crippen LogP contribution >= 0.6 is 0 Å². The fourth-order valence-electron chi connectivity index (χ4n) is 3.02. The molecule has 0 N–H and O–H groups in total. The summed E-state index contributed by atoms with van der Waals surface area (Å²) in [6.45, 7) is 1.67. The van der Waals surface area contributed by atoms with Gasteiger partial charge in [-0.3, -0.25) is 0 Å². The molecule has 1 aromatic carbocycles. The molecule has 1 aliphatic carbocycles. The third-order valence-electron chi connectivity index (χ3n) is 4.16. The van der Waals surface area contributed by atoms with Crippen molar-refractivity contribution in [2.75, 3.05) is 13.2 Å². The van der Waals surface area contributed by atoms with Gasteiger partial charge in [0, 0.05) is 18.1 Å². The fraction of sp³-hybridized carbons (Fsp3) is 0.500. The zero-order chi connectivity index (χ0) is 12.0. The number of fused-ring (bicyclic) bond motifs is 3. The van der Waals surface area contributed by atoms with Gasteiger partial charge in [-0.25, -0.2) is 4.98 Å². The van der Waals surface area contributed by atoms with E-state index in [9.17, 15) is 0 Å². The molecule has 0 amide bonds. The van der Waals surface area contributed by atoms with Crippen LogP contribution in [-0.4, -0.2) is 24.3 Å². The van der Waals surface area contributed by atoms with Gasteiger partial charge < -0.3 is 13.9 Å². The molecule has 0 unspecified atom stereocenters. The molecule has 2 aromatic rings. The Labute approximate surface area is 105 Å². The molecule has 2 saturated heterocycles. The van der Waals surface area contributed by atoms with E-state index in [1.54, 1.807) is 0 Å². The highest BCUT2D eigenvalue weighted by Crippen LogP contribution is 2.49. The zero-order valence-corrected chi connectivity index (χ0v) is 10.1. The summed E-state index contributed by atoms with van der Waals surface area (Å²) in [6, 6.07) is 5.80. The first-order chi connectivity index (χ1) is 8.83. The lowest BCUT2D eigenvalue weighted by Gasteiger charge is -2.51. The number of benzene rings is 1. The zero-order valence-electron chi connectivity index (χ0n) is 10.1. The summed E-state index contributed by atoms with van der Waals surface area (Å²) in [7, 11) is 0. The number of hydrogen-bond donors (Lipinski definition) is 0. The predicted molar refractivity (Wildman–Crippen MR) is 65.5 cm³/mol. The molecule has 2 bridgehead atoms. The molecule has 3 aliphatic rings. The van der Waals surface area contributed by atoms with Gasteiger partial charge >= 0.3 is 0 Å². The van der Waals surface area contributed by atoms with Crippen LogP contribution in [0.15, 0.2) is 29.0 Å². The van der Waals surface area contributed by atoms with E-state index in [-0.39, 0.29) is 0 Å². The molecule has 3 heterocycles. The summed E-state index contributed by atoms with van der Waals surface area (Å²) in [5, 5.41) is 0. The topological polar surface area (TPSA) is 44.5 Å². The third-order valence-corrected chi connectivity index (χ3v) is 4.16. The Hall–Kier alpha value is -1.55. The minimum absolute atomic E-state index is 0.360. The molecule has 4 nitrogen and oxygen atoms in total. The molecule has 94 valence electrons. The van der Waals surface area contributed by atoms with Crippen LogP contribution < -0.4 is 4.74 Å². The molecular weight excluding hydrogens is 230 g/mol. The van der Waals surface area contributed by atoms with Crippen LogP contribution in [0.5, 0.6) is 5.75 Å². The van der Waals surface area contributed by atoms with Gasteiger partial charge in [0.25, 0.3) is 0 Å². The van der Waals surface area contributed by atoms with Crippen molar-refractivity contribution in [2.24, 2.45) is 5.41 Å². The summed E-state index contributed by atoms with van der Waals surface area (Å²) in [4.78, 5) is 4.09. The Morgan fingerprint density at radius 2 is 2.33 bits per heavy atom. The van der Waals surface area contributed by atoms with E-state index < -0.39 is 0 Å². The van der Waals surface area contributed by atoms with Crippen molar-refractivity contribution in [1.29, 1.82) is 0 Å². The maximum Gasteiger partial charge on any atom is 0.181 e. The number of oxazole rings is 1. The number of aromatic nitrogens is 1. The van der Waals surface area contributed by atoms with Gasteiger partial charge in [-0.15, -0.1) is 0 Å². The second-order valence-corrected chi connectivity index (χ2v) is 5.42. The lowest BCUT2D eigenvalue weighted by atomic mass is 9.63. The highest BCUT2D eigenvalue weighted by molar-refractivity contribution is 5.73. The summed E-state index contributed by atoms with van der Waals surface area (Å²) < 4.78 is 16.8. The summed E-state index contributed by atoms with van der Waals surface area (Å²) >= 11 is 0. The van der Waals surface area contributed by atoms with Crippen molar-refractivity contribution in [3.05, 3.63) is 24.6 Å². The highest BCUT2D eigenvalue weighted by Gasteiger charge is 2.48. The monoisotopic (exact) mass is 245 g/mol. The maximum atomic E-state index is 5.92. The van der Waals surface area contributed by atoms with Gasteiger partial charge in [-0.05, 0) is 31.4 Å². The predicted octanol–water partition coefficient (Wildman–Crippen LogP) is 2.78. The Balaban J connectivity index is 1.48. The van der Waals surface area contributed by atoms with E-state index in [1.165, 1.54) is 6.39 Å². The third kappa shape index (κ3) is 1.60. The van der Waals surface area contributed by atoms with Gasteiger partial charge in [0.15, 0.2) is 12.0 Å². The second kappa shape index (κ2) is 3.72. The van der Waals surface area contributed by atoms with E-state index in [1.807, 2.05) is 18.2 Å². The molecule has 18 heavy (non-hydrogen) atoms. The SMILES string of the molecule is c1nc2ccc(OCC34CCOC(C3)C4)cc2o1. The molecule has 1 saturated carbocycles. The lowest BCUT2D eigenvalue weighted by Crippen LogP contribution is -2.51. The van der Waals surface area contributed by atoms with Crippen molar-refractivity contribution in [1.82, 2.24) is 4.98 Å². The Morgan fingerprint density at radius 1 is 1.39 bits per heavy atom. The second-order valence-electron chi connectivity index (χ2n) is 5.42. The first-order valence-corrected chi connectivity index (χ1v) is 6.41. The highest BCUT2D eigenvalue weighted by atomic mass is 16.5. The van der Waals surface area contributed by atoms with E-state index in [2.05, 4.69) is 4.98 Å². The number of nitrogens with zero attached hydrogens (tertiary/aromatic N) is 1. The molecule has 0 atom stereocenters. The molecule has 0 spiro atoms. The molecule has 5 rings (SSSR count). The normalized spacial score (nSPS) is 30.1. The Morgan fingerprint density at radius 3 is 3.17 bits per heavy atom. The molecule has 0 radical (unpaired) electrons. The molecule has 3 fully saturated rings. The van der Waals surface area contributed by atoms with Gasteiger partial charge in [0.2, 0.25) is 0 Å². The number of rotatable bonds is 3. The first kappa shape index (κ1) is 10.4. The first-order valence-electron chi connectivity index (χ1n) is 6.41. The summed E-state index contributed by atoms with van der Waals surface area (Å²) in [6.07, 6.45) is 5.37. The fourth-order valence-corrected chi connectivity index (χ4v) is 3.02. The lowest BCUT2D eigenvalue weighted by molar-refractivity contribution is -0.160. The van der Waals surface area contributed by atoms with Crippen molar-refractivity contribution in [2.45, 2.75) is 25.4 Å². The minimum atomic E-state index is 0.360. The quantitative estimate of drug-likeness (QED) is 0.834. The van der Waals surface area contributed by atoms with Crippen molar-refractivity contribution in [3.63, 3.8) is 0 Å². The smallest absolute Gasteiger partial charge is 0.181 e. The van der Waals surface area contributed by atoms with E-state index in [0.717, 1.165) is 49.3 Å². The van der Waals surface area contributed by atoms with Gasteiger partial charge in [-0.1, -0.05) is 0 Å². The summed E-state index contributed by atoms with van der Waals surface area (Å²) in [5.41, 5.74) is 2.01. The van der Waals surface area contributed by atoms with E-state index >= 15 is 0 Å². The maximum absolute atomic E-state index is 5.92. The van der Waals surface area contributed by atoms with Crippen LogP contribution in [0.2, 0.25) is 0 Å². The van der Waals surface area contributed by atoms with Gasteiger partial charge in [0.1, 0.15) is 11.3 Å². The largest absolute Gasteiger partial charge is 0.493 e. The Bertz CT molecular complexity index is 566. The van der Waals surface area contributed by atoms with Crippen molar-refractivity contribution >= 4 is 11.1 Å². The molecule has 2 aliphatic heterocycles. The number of ether oxygens (including phenoxy) is 2. The van der Waals surface area contributed by atoms with E-state index in [0.29, 0.717) is 11.5 Å². The average molecular weight is 245 g/mol. The minimum Gasteiger partial charge on any atom is -0.493 e. The van der Waals surface area contributed by atoms with Crippen LogP contribution in [0.1, 0.15) is 19.3 Å². The molecule has 1 aromatic heterocycles. The average Bonchev–Trinajstić information content (AvgIpc) is 2.83. The van der Waals surface area contributed by atoms with Crippen LogP contribution in [0.4, 0.5) is 0 Å². The van der Waals surface area contributed by atoms with Crippen LogP contribution in [0.3, 0.4) is 0 Å².